The van der Waals surface area contributed by atoms with E-state index in [1.165, 1.54) is 11.1 Å². The molecule has 0 fully saturated rings. The van der Waals surface area contributed by atoms with E-state index in [1.54, 1.807) is 12.1 Å². The Labute approximate surface area is 188 Å². The van der Waals surface area contributed by atoms with E-state index >= 15 is 0 Å². The van der Waals surface area contributed by atoms with Gasteiger partial charge >= 0.3 is 0 Å². The molecule has 5 nitrogen and oxygen atoms in total. The van der Waals surface area contributed by atoms with Crippen molar-refractivity contribution in [2.24, 2.45) is 0 Å². The molecule has 1 unspecified atom stereocenters. The molecular weight excluding hydrogens is 410 g/mol. The van der Waals surface area contributed by atoms with Crippen LogP contribution in [0.25, 0.3) is 5.57 Å². The minimum absolute atomic E-state index is 0.417. The van der Waals surface area contributed by atoms with Crippen molar-refractivity contribution < 1.29 is 9.59 Å². The molecule has 2 aliphatic rings. The number of nitrogens with one attached hydrogen (secondary N) is 1. The fourth-order valence-corrected chi connectivity index (χ4v) is 4.66. The number of unbranched alkanes of at least 4 members (excludes halogenated alkanes) is 1. The maximum atomic E-state index is 12.4. The summed E-state index contributed by atoms with van der Waals surface area (Å²) < 4.78 is 0. The molecule has 1 N–H and O–H groups in total. The van der Waals surface area contributed by atoms with Crippen LogP contribution in [0.1, 0.15) is 36.4 Å². The van der Waals surface area contributed by atoms with Gasteiger partial charge in [0.15, 0.2) is 6.29 Å². The first kappa shape index (κ1) is 21.8. The van der Waals surface area contributed by atoms with Crippen LogP contribution >= 0.6 is 11.6 Å². The van der Waals surface area contributed by atoms with E-state index < -0.39 is 11.8 Å². The van der Waals surface area contributed by atoms with E-state index in [0.717, 1.165) is 56.7 Å². The van der Waals surface area contributed by atoms with Gasteiger partial charge in [0.25, 0.3) is 0 Å². The molecule has 162 valence electrons. The number of benzene rings is 2. The van der Waals surface area contributed by atoms with E-state index in [1.807, 2.05) is 11.0 Å². The van der Waals surface area contributed by atoms with Crippen LogP contribution in [0.15, 0.2) is 54.6 Å². The highest BCUT2D eigenvalue weighted by molar-refractivity contribution is 6.31. The highest BCUT2D eigenvalue weighted by atomic mass is 35.5. The van der Waals surface area contributed by atoms with Crippen LogP contribution < -0.4 is 5.32 Å². The average Bonchev–Trinajstić information content (AvgIpc) is 2.82. The zero-order valence-corrected chi connectivity index (χ0v) is 18.4. The van der Waals surface area contributed by atoms with Crippen molar-refractivity contribution in [1.29, 1.82) is 0 Å². The molecule has 2 aromatic rings. The molecule has 1 atom stereocenters. The number of Topliss-reactive ketones (excluding diaryl/α,β-unsaturated/α-hetero) is 1. The third kappa shape index (κ3) is 5.24. The van der Waals surface area contributed by atoms with Crippen molar-refractivity contribution in [3.05, 3.63) is 70.8 Å². The number of halogens is 1. The summed E-state index contributed by atoms with van der Waals surface area (Å²) in [5, 5.41) is 3.91. The van der Waals surface area contributed by atoms with Gasteiger partial charge in [-0.2, -0.15) is 0 Å². The number of carbonyl (C=O) groups is 2. The highest BCUT2D eigenvalue weighted by Crippen LogP contribution is 2.34. The lowest BCUT2D eigenvalue weighted by Gasteiger charge is -2.36. The van der Waals surface area contributed by atoms with Gasteiger partial charge < -0.3 is 5.32 Å². The van der Waals surface area contributed by atoms with Gasteiger partial charge in [-0.05, 0) is 55.1 Å². The zero-order chi connectivity index (χ0) is 21.6. The normalized spacial score (nSPS) is 19.3. The minimum Gasteiger partial charge on any atom is -0.372 e. The largest absolute Gasteiger partial charge is 0.372 e. The number of carbonyl (C=O) groups excluding carboxylic acids is 2. The molecule has 2 aliphatic heterocycles. The van der Waals surface area contributed by atoms with E-state index in [2.05, 4.69) is 46.6 Å². The van der Waals surface area contributed by atoms with Gasteiger partial charge in [-0.15, -0.1) is 0 Å². The number of ketones is 1. The second kappa shape index (κ2) is 10.2. The summed E-state index contributed by atoms with van der Waals surface area (Å²) in [4.78, 5) is 28.2. The predicted molar refractivity (Wildman–Crippen MR) is 125 cm³/mol. The molecule has 0 saturated heterocycles. The Morgan fingerprint density at radius 2 is 1.94 bits per heavy atom. The Kier molecular flexibility index (Phi) is 7.17. The third-order valence-electron chi connectivity index (χ3n) is 6.14. The lowest BCUT2D eigenvalue weighted by Crippen LogP contribution is -2.42. The van der Waals surface area contributed by atoms with Gasteiger partial charge in [0.2, 0.25) is 5.78 Å². The number of rotatable bonds is 8. The fourth-order valence-electron chi connectivity index (χ4n) is 4.48. The zero-order valence-electron chi connectivity index (χ0n) is 17.6. The topological polar surface area (TPSA) is 52.7 Å². The van der Waals surface area contributed by atoms with Gasteiger partial charge in [-0.25, -0.2) is 0 Å². The second-order valence-corrected chi connectivity index (χ2v) is 8.59. The molecule has 4 rings (SSSR count). The molecule has 2 heterocycles. The Morgan fingerprint density at radius 3 is 2.68 bits per heavy atom. The molecule has 0 bridgehead atoms. The number of hydrogen-bond donors (Lipinski definition) is 1. The van der Waals surface area contributed by atoms with Crippen LogP contribution in [0.4, 0.5) is 5.69 Å². The monoisotopic (exact) mass is 437 g/mol. The van der Waals surface area contributed by atoms with Crippen LogP contribution in [-0.2, 0) is 9.59 Å². The van der Waals surface area contributed by atoms with Gasteiger partial charge in [0.1, 0.15) is 6.04 Å². The van der Waals surface area contributed by atoms with Crippen molar-refractivity contribution in [2.75, 3.05) is 38.2 Å². The maximum absolute atomic E-state index is 12.4. The first-order chi connectivity index (χ1) is 15.2. The van der Waals surface area contributed by atoms with E-state index in [0.29, 0.717) is 18.0 Å². The fraction of sp³-hybridized carbons (Fsp3) is 0.360. The van der Waals surface area contributed by atoms with Crippen molar-refractivity contribution in [1.82, 2.24) is 9.80 Å². The van der Waals surface area contributed by atoms with Gasteiger partial charge in [-0.1, -0.05) is 48.0 Å². The Morgan fingerprint density at radius 1 is 1.13 bits per heavy atom. The molecule has 0 saturated carbocycles. The summed E-state index contributed by atoms with van der Waals surface area (Å²) in [6.45, 7) is 4.39. The summed E-state index contributed by atoms with van der Waals surface area (Å²) in [5.74, 6) is -0.417. The average molecular weight is 438 g/mol. The lowest BCUT2D eigenvalue weighted by atomic mass is 9.97. The number of nitrogens with zero attached hydrogens (tertiary/aromatic N) is 2. The first-order valence-corrected chi connectivity index (χ1v) is 11.3. The summed E-state index contributed by atoms with van der Waals surface area (Å²) in [6.07, 6.45) is 5.86. The summed E-state index contributed by atoms with van der Waals surface area (Å²) in [5.41, 5.74) is 4.41. The molecule has 0 spiro atoms. The van der Waals surface area contributed by atoms with Crippen LogP contribution in [-0.4, -0.2) is 54.7 Å². The summed E-state index contributed by atoms with van der Waals surface area (Å²) in [7, 11) is 0. The molecule has 0 radical (unpaired) electrons. The Bertz CT molecular complexity index is 960. The van der Waals surface area contributed by atoms with E-state index in [9.17, 15) is 9.59 Å². The molecule has 0 aromatic heterocycles. The molecule has 2 aromatic carbocycles. The van der Waals surface area contributed by atoms with Crippen LogP contribution in [0, 0.1) is 0 Å². The second-order valence-electron chi connectivity index (χ2n) is 8.15. The third-order valence-corrected chi connectivity index (χ3v) is 6.37. The molecule has 31 heavy (non-hydrogen) atoms. The van der Waals surface area contributed by atoms with Gasteiger partial charge in [0.05, 0.1) is 6.67 Å². The Balaban J connectivity index is 1.29. The molecule has 0 aliphatic carbocycles. The summed E-state index contributed by atoms with van der Waals surface area (Å²) in [6, 6.07) is 15.5. The number of anilines is 1. The lowest BCUT2D eigenvalue weighted by molar-refractivity contribution is -0.133. The Hall–Kier alpha value is -2.47. The predicted octanol–water partition coefficient (Wildman–Crippen LogP) is 4.40. The molecule has 0 amide bonds. The quantitative estimate of drug-likeness (QED) is 0.377. The van der Waals surface area contributed by atoms with Crippen molar-refractivity contribution in [3.8, 4) is 0 Å². The molecular formula is C25H28ClN3O2. The minimum atomic E-state index is -0.557. The van der Waals surface area contributed by atoms with Crippen LogP contribution in [0.5, 0.6) is 0 Å². The highest BCUT2D eigenvalue weighted by Gasteiger charge is 2.32. The van der Waals surface area contributed by atoms with E-state index in [-0.39, 0.29) is 0 Å². The van der Waals surface area contributed by atoms with Crippen molar-refractivity contribution in [2.45, 2.75) is 25.3 Å². The number of hydrogen-bond acceptors (Lipinski definition) is 5. The number of fused-ring (bicyclic) bond motifs is 1. The SMILES string of the molecule is O=CC(=O)C1c2cc(Cl)ccc2NCN1CCCCN1CC=C(c2ccccc2)CC1. The van der Waals surface area contributed by atoms with E-state index in [4.69, 9.17) is 11.6 Å². The van der Waals surface area contributed by atoms with Gasteiger partial charge in [-0.3, -0.25) is 19.4 Å². The maximum Gasteiger partial charge on any atom is 0.216 e. The smallest absolute Gasteiger partial charge is 0.216 e. The summed E-state index contributed by atoms with van der Waals surface area (Å²) >= 11 is 6.14. The van der Waals surface area contributed by atoms with Crippen LogP contribution in [0.2, 0.25) is 5.02 Å². The van der Waals surface area contributed by atoms with Crippen molar-refractivity contribution >= 4 is 34.9 Å². The number of aldehydes is 1. The first-order valence-electron chi connectivity index (χ1n) is 10.9. The molecule has 6 heteroatoms. The van der Waals surface area contributed by atoms with Gasteiger partial charge in [0, 0.05) is 35.9 Å². The standard InChI is InChI=1S/C25H28ClN3O2/c26-21-8-9-23-22(16-21)25(24(31)17-30)29(18-27-23)13-5-4-12-28-14-10-20(11-15-28)19-6-2-1-3-7-19/h1-3,6-10,16-17,25,27H,4-5,11-15,18H2. The van der Waals surface area contributed by atoms with Crippen molar-refractivity contribution in [3.63, 3.8) is 0 Å². The van der Waals surface area contributed by atoms with Crippen LogP contribution in [0.3, 0.4) is 0 Å².